The Morgan fingerprint density at radius 1 is 1.33 bits per heavy atom. The highest BCUT2D eigenvalue weighted by Gasteiger charge is 2.26. The van der Waals surface area contributed by atoms with E-state index in [-0.39, 0.29) is 12.0 Å². The molecule has 1 aliphatic carbocycles. The van der Waals surface area contributed by atoms with Crippen LogP contribution in [-0.4, -0.2) is 21.8 Å². The third kappa shape index (κ3) is 1.11. The number of hydrogen-bond acceptors (Lipinski definition) is 4. The molecule has 0 aromatic carbocycles. The van der Waals surface area contributed by atoms with Crippen molar-refractivity contribution in [3.63, 3.8) is 0 Å². The molecule has 2 N–H and O–H groups in total. The summed E-state index contributed by atoms with van der Waals surface area (Å²) < 4.78 is 0. The van der Waals surface area contributed by atoms with Crippen LogP contribution in [0.5, 0.6) is 0 Å². The summed E-state index contributed by atoms with van der Waals surface area (Å²) >= 11 is 0. The minimum atomic E-state index is -0.883. The van der Waals surface area contributed by atoms with E-state index < -0.39 is 23.1 Å². The first-order valence-corrected chi connectivity index (χ1v) is 3.49. The minimum absolute atomic E-state index is 0.0535. The average molecular weight is 168 g/mol. The summed E-state index contributed by atoms with van der Waals surface area (Å²) in [4.78, 5) is 21.8. The Morgan fingerprint density at radius 2 is 1.92 bits per heavy atom. The van der Waals surface area contributed by atoms with Crippen LogP contribution in [0.2, 0.25) is 0 Å². The molecule has 0 fully saturated rings. The monoisotopic (exact) mass is 168 g/mol. The van der Waals surface area contributed by atoms with Crippen molar-refractivity contribution in [3.8, 4) is 0 Å². The number of aliphatic hydroxyl groups excluding tert-OH is 2. The highest BCUT2D eigenvalue weighted by molar-refractivity contribution is 6.20. The van der Waals surface area contributed by atoms with Crippen LogP contribution in [-0.2, 0) is 9.59 Å². The number of rotatable bonds is 1. The Hall–Kier alpha value is -1.58. The number of Topliss-reactive ketones (excluding diaryl/α,β-unsaturated/α-hetero) is 1. The van der Waals surface area contributed by atoms with Gasteiger partial charge in [-0.05, 0) is 6.42 Å². The van der Waals surface area contributed by atoms with Crippen LogP contribution < -0.4 is 0 Å². The van der Waals surface area contributed by atoms with Crippen LogP contribution in [0.4, 0.5) is 0 Å². The standard InChI is InChI=1S/C8H8O4/c1-2-4-5(9)3-6(10)8(12)7(4)11/h3,10-11H,2H2,1H3. The Bertz CT molecular complexity index is 309. The van der Waals surface area contributed by atoms with Crippen LogP contribution in [0.15, 0.2) is 23.2 Å². The maximum absolute atomic E-state index is 11.0. The van der Waals surface area contributed by atoms with Gasteiger partial charge in [0, 0.05) is 11.6 Å². The van der Waals surface area contributed by atoms with Crippen LogP contribution in [0, 0.1) is 0 Å². The van der Waals surface area contributed by atoms with E-state index in [0.717, 1.165) is 6.08 Å². The molecule has 0 saturated carbocycles. The molecule has 4 heteroatoms. The van der Waals surface area contributed by atoms with E-state index in [4.69, 9.17) is 10.2 Å². The van der Waals surface area contributed by atoms with Crippen molar-refractivity contribution < 1.29 is 19.8 Å². The fourth-order valence-electron chi connectivity index (χ4n) is 0.994. The van der Waals surface area contributed by atoms with Crippen molar-refractivity contribution in [2.24, 2.45) is 0 Å². The lowest BCUT2D eigenvalue weighted by atomic mass is 9.98. The molecular formula is C8H8O4. The average Bonchev–Trinajstić information content (AvgIpc) is 2.01. The second kappa shape index (κ2) is 2.81. The summed E-state index contributed by atoms with van der Waals surface area (Å²) in [5, 5.41) is 17.9. The van der Waals surface area contributed by atoms with E-state index in [2.05, 4.69) is 0 Å². The predicted molar refractivity (Wildman–Crippen MR) is 40.7 cm³/mol. The second-order valence-electron chi connectivity index (χ2n) is 2.40. The Labute approximate surface area is 68.8 Å². The molecule has 0 bridgehead atoms. The van der Waals surface area contributed by atoms with Crippen LogP contribution in [0.25, 0.3) is 0 Å². The van der Waals surface area contributed by atoms with Crippen molar-refractivity contribution in [1.82, 2.24) is 0 Å². The van der Waals surface area contributed by atoms with Gasteiger partial charge in [0.05, 0.1) is 0 Å². The zero-order chi connectivity index (χ0) is 9.30. The number of ketones is 2. The maximum Gasteiger partial charge on any atom is 0.262 e. The largest absolute Gasteiger partial charge is 0.504 e. The molecule has 1 rings (SSSR count). The third-order valence-electron chi connectivity index (χ3n) is 1.65. The van der Waals surface area contributed by atoms with E-state index in [1.807, 2.05) is 0 Å². The van der Waals surface area contributed by atoms with Gasteiger partial charge in [-0.25, -0.2) is 0 Å². The summed E-state index contributed by atoms with van der Waals surface area (Å²) in [7, 11) is 0. The lowest BCUT2D eigenvalue weighted by Crippen LogP contribution is -2.18. The van der Waals surface area contributed by atoms with Crippen molar-refractivity contribution >= 4 is 11.6 Å². The van der Waals surface area contributed by atoms with Gasteiger partial charge in [-0.1, -0.05) is 6.92 Å². The van der Waals surface area contributed by atoms with Gasteiger partial charge < -0.3 is 10.2 Å². The van der Waals surface area contributed by atoms with E-state index in [9.17, 15) is 9.59 Å². The third-order valence-corrected chi connectivity index (χ3v) is 1.65. The molecule has 0 unspecified atom stereocenters. The SMILES string of the molecule is CCC1=C(O)C(=O)C(O)=CC1=O. The van der Waals surface area contributed by atoms with Gasteiger partial charge in [-0.2, -0.15) is 0 Å². The number of allylic oxidation sites excluding steroid dienone is 2. The van der Waals surface area contributed by atoms with Gasteiger partial charge in [-0.3, -0.25) is 9.59 Å². The van der Waals surface area contributed by atoms with Crippen molar-refractivity contribution in [2.75, 3.05) is 0 Å². The fourth-order valence-corrected chi connectivity index (χ4v) is 0.994. The van der Waals surface area contributed by atoms with Gasteiger partial charge in [0.1, 0.15) is 0 Å². The molecule has 0 aromatic rings. The van der Waals surface area contributed by atoms with Crippen LogP contribution in [0.3, 0.4) is 0 Å². The summed E-state index contributed by atoms with van der Waals surface area (Å²) in [6.45, 7) is 1.65. The number of aliphatic hydroxyl groups is 2. The van der Waals surface area contributed by atoms with Gasteiger partial charge in [0.25, 0.3) is 5.78 Å². The summed E-state index contributed by atoms with van der Waals surface area (Å²) in [5.74, 6) is -2.73. The first-order valence-electron chi connectivity index (χ1n) is 3.49. The van der Waals surface area contributed by atoms with Gasteiger partial charge >= 0.3 is 0 Å². The van der Waals surface area contributed by atoms with E-state index in [0.29, 0.717) is 0 Å². The summed E-state index contributed by atoms with van der Waals surface area (Å²) in [6, 6.07) is 0. The fraction of sp³-hybridized carbons (Fsp3) is 0.250. The van der Waals surface area contributed by atoms with E-state index in [1.54, 1.807) is 6.92 Å². The van der Waals surface area contributed by atoms with E-state index in [1.165, 1.54) is 0 Å². The quantitative estimate of drug-likeness (QED) is 0.568. The molecule has 0 saturated heterocycles. The molecule has 1 aliphatic rings. The highest BCUT2D eigenvalue weighted by atomic mass is 16.3. The van der Waals surface area contributed by atoms with Crippen molar-refractivity contribution in [3.05, 3.63) is 23.2 Å². The normalized spacial score (nSPS) is 18.2. The Balaban J connectivity index is 3.17. The van der Waals surface area contributed by atoms with Gasteiger partial charge in [0.2, 0.25) is 0 Å². The van der Waals surface area contributed by atoms with Gasteiger partial charge in [-0.15, -0.1) is 0 Å². The lowest BCUT2D eigenvalue weighted by Gasteiger charge is -2.09. The highest BCUT2D eigenvalue weighted by Crippen LogP contribution is 2.17. The summed E-state index contributed by atoms with van der Waals surface area (Å²) in [6.07, 6.45) is 1.10. The van der Waals surface area contributed by atoms with E-state index >= 15 is 0 Å². The van der Waals surface area contributed by atoms with Crippen molar-refractivity contribution in [2.45, 2.75) is 13.3 Å². The molecule has 4 nitrogen and oxygen atoms in total. The molecule has 12 heavy (non-hydrogen) atoms. The molecule has 0 amide bonds. The summed E-state index contributed by atoms with van der Waals surface area (Å²) in [5.41, 5.74) is 0.0535. The van der Waals surface area contributed by atoms with Crippen molar-refractivity contribution in [1.29, 1.82) is 0 Å². The molecule has 0 aromatic heterocycles. The number of hydrogen-bond donors (Lipinski definition) is 2. The zero-order valence-corrected chi connectivity index (χ0v) is 6.50. The molecular weight excluding hydrogens is 160 g/mol. The molecule has 0 aliphatic heterocycles. The Morgan fingerprint density at radius 3 is 2.42 bits per heavy atom. The zero-order valence-electron chi connectivity index (χ0n) is 6.50. The first-order chi connectivity index (χ1) is 5.57. The maximum atomic E-state index is 11.0. The number of carbonyl (C=O) groups excluding carboxylic acids is 2. The Kier molecular flexibility index (Phi) is 1.99. The molecule has 64 valence electrons. The molecule has 0 heterocycles. The predicted octanol–water partition coefficient (Wildman–Crippen LogP) is 0.802. The van der Waals surface area contributed by atoms with Crippen LogP contribution >= 0.6 is 0 Å². The smallest absolute Gasteiger partial charge is 0.262 e. The van der Waals surface area contributed by atoms with Gasteiger partial charge in [0.15, 0.2) is 17.3 Å². The molecule has 0 spiro atoms. The molecule has 0 atom stereocenters. The second-order valence-corrected chi connectivity index (χ2v) is 2.40. The number of carbonyl (C=O) groups is 2. The molecule has 0 radical (unpaired) electrons. The first kappa shape index (κ1) is 8.52. The van der Waals surface area contributed by atoms with Crippen LogP contribution in [0.1, 0.15) is 13.3 Å². The topological polar surface area (TPSA) is 74.6 Å². The minimum Gasteiger partial charge on any atom is -0.504 e. The lowest BCUT2D eigenvalue weighted by molar-refractivity contribution is -0.120.